The summed E-state index contributed by atoms with van der Waals surface area (Å²) in [5, 5.41) is 8.56. The molecular formula is C11H9F3N2. The van der Waals surface area contributed by atoms with Crippen molar-refractivity contribution in [3.05, 3.63) is 41.0 Å². The van der Waals surface area contributed by atoms with Gasteiger partial charge in [-0.25, -0.2) is 0 Å². The van der Waals surface area contributed by atoms with Crippen LogP contribution >= 0.6 is 0 Å². The van der Waals surface area contributed by atoms with Crippen molar-refractivity contribution in [1.82, 2.24) is 0 Å². The molecule has 0 unspecified atom stereocenters. The highest BCUT2D eigenvalue weighted by Gasteiger charge is 2.33. The van der Waals surface area contributed by atoms with Crippen molar-refractivity contribution in [3.63, 3.8) is 0 Å². The molecule has 2 nitrogen and oxygen atoms in total. The van der Waals surface area contributed by atoms with E-state index in [1.165, 1.54) is 18.2 Å². The van der Waals surface area contributed by atoms with Crippen LogP contribution in [0.15, 0.2) is 24.3 Å². The van der Waals surface area contributed by atoms with E-state index in [1.54, 1.807) is 6.08 Å². The Morgan fingerprint density at radius 3 is 2.56 bits per heavy atom. The molecule has 1 aromatic carbocycles. The van der Waals surface area contributed by atoms with Gasteiger partial charge in [0.1, 0.15) is 0 Å². The summed E-state index contributed by atoms with van der Waals surface area (Å²) in [4.78, 5) is 0. The summed E-state index contributed by atoms with van der Waals surface area (Å²) in [7, 11) is 0. The van der Waals surface area contributed by atoms with Gasteiger partial charge in [-0.2, -0.15) is 18.4 Å². The quantitative estimate of drug-likeness (QED) is 0.842. The minimum Gasteiger partial charge on any atom is -0.327 e. The largest absolute Gasteiger partial charge is 0.417 e. The van der Waals surface area contributed by atoms with Gasteiger partial charge in [0.25, 0.3) is 0 Å². The second-order valence-electron chi connectivity index (χ2n) is 3.05. The van der Waals surface area contributed by atoms with Crippen LogP contribution in [-0.4, -0.2) is 6.54 Å². The molecule has 0 saturated carbocycles. The fraction of sp³-hybridized carbons (Fsp3) is 0.182. The summed E-state index contributed by atoms with van der Waals surface area (Å²) in [5.74, 6) is 0. The molecule has 5 heteroatoms. The Morgan fingerprint density at radius 1 is 1.38 bits per heavy atom. The number of benzene rings is 1. The maximum absolute atomic E-state index is 12.5. The average molecular weight is 226 g/mol. The lowest BCUT2D eigenvalue weighted by atomic mass is 10.0. The Morgan fingerprint density at radius 2 is 2.06 bits per heavy atom. The van der Waals surface area contributed by atoms with Gasteiger partial charge >= 0.3 is 6.18 Å². The van der Waals surface area contributed by atoms with Crippen LogP contribution in [-0.2, 0) is 6.18 Å². The molecule has 0 saturated heterocycles. The van der Waals surface area contributed by atoms with E-state index in [0.29, 0.717) is 5.56 Å². The maximum atomic E-state index is 12.5. The van der Waals surface area contributed by atoms with Crippen LogP contribution in [0.2, 0.25) is 0 Å². The number of alkyl halides is 3. The van der Waals surface area contributed by atoms with Crippen molar-refractivity contribution in [2.75, 3.05) is 6.54 Å². The molecule has 84 valence electrons. The zero-order valence-electron chi connectivity index (χ0n) is 8.25. The average Bonchev–Trinajstić information content (AvgIpc) is 2.24. The van der Waals surface area contributed by atoms with Crippen LogP contribution in [0, 0.1) is 11.3 Å². The van der Waals surface area contributed by atoms with Crippen LogP contribution in [0.4, 0.5) is 13.2 Å². The van der Waals surface area contributed by atoms with Crippen LogP contribution in [0.25, 0.3) is 6.08 Å². The van der Waals surface area contributed by atoms with Gasteiger partial charge in [0.05, 0.1) is 17.2 Å². The lowest BCUT2D eigenvalue weighted by Crippen LogP contribution is -2.08. The molecule has 16 heavy (non-hydrogen) atoms. The number of nitrogens with two attached hydrogens (primary N) is 1. The molecule has 0 aromatic heterocycles. The first-order valence-corrected chi connectivity index (χ1v) is 4.47. The highest BCUT2D eigenvalue weighted by molar-refractivity contribution is 5.54. The third-order valence-corrected chi connectivity index (χ3v) is 1.92. The Balaban J connectivity index is 3.23. The molecule has 0 fully saturated rings. The standard InChI is InChI=1S/C11H9F3N2/c12-11(13,14)10-6-8(2-1-5-15)3-4-9(10)7-16/h1-4,6H,5,15H2. The van der Waals surface area contributed by atoms with Crippen LogP contribution in [0.1, 0.15) is 16.7 Å². The fourth-order valence-corrected chi connectivity index (χ4v) is 1.20. The van der Waals surface area contributed by atoms with Crippen molar-refractivity contribution in [2.24, 2.45) is 5.73 Å². The maximum Gasteiger partial charge on any atom is 0.417 e. The zero-order chi connectivity index (χ0) is 12.2. The molecule has 0 atom stereocenters. The summed E-state index contributed by atoms with van der Waals surface area (Å²) in [5.41, 5.74) is 4.27. The second kappa shape index (κ2) is 4.81. The molecule has 2 N–H and O–H groups in total. The van der Waals surface area contributed by atoms with E-state index in [2.05, 4.69) is 0 Å². The van der Waals surface area contributed by atoms with E-state index in [4.69, 9.17) is 11.0 Å². The number of rotatable bonds is 2. The summed E-state index contributed by atoms with van der Waals surface area (Å²) in [6.07, 6.45) is -1.49. The van der Waals surface area contributed by atoms with E-state index >= 15 is 0 Å². The number of nitrogens with zero attached hydrogens (tertiary/aromatic N) is 1. The van der Waals surface area contributed by atoms with Gasteiger partial charge in [-0.1, -0.05) is 18.2 Å². The summed E-state index contributed by atoms with van der Waals surface area (Å²) in [6.45, 7) is 0.251. The van der Waals surface area contributed by atoms with E-state index in [0.717, 1.165) is 12.1 Å². The van der Waals surface area contributed by atoms with E-state index < -0.39 is 11.7 Å². The summed E-state index contributed by atoms with van der Waals surface area (Å²) in [6, 6.07) is 5.05. The normalized spacial score (nSPS) is 11.7. The van der Waals surface area contributed by atoms with E-state index in [-0.39, 0.29) is 12.1 Å². The highest BCUT2D eigenvalue weighted by Crippen LogP contribution is 2.32. The van der Waals surface area contributed by atoms with Crippen molar-refractivity contribution in [1.29, 1.82) is 5.26 Å². The number of hydrogen-bond acceptors (Lipinski definition) is 2. The summed E-state index contributed by atoms with van der Waals surface area (Å²) >= 11 is 0. The lowest BCUT2D eigenvalue weighted by Gasteiger charge is -2.09. The first kappa shape index (κ1) is 12.3. The molecule has 0 bridgehead atoms. The lowest BCUT2D eigenvalue weighted by molar-refractivity contribution is -0.137. The molecular weight excluding hydrogens is 217 g/mol. The van der Waals surface area contributed by atoms with Crippen molar-refractivity contribution < 1.29 is 13.2 Å². The number of halogens is 3. The second-order valence-corrected chi connectivity index (χ2v) is 3.05. The van der Waals surface area contributed by atoms with Crippen molar-refractivity contribution >= 4 is 6.08 Å². The third-order valence-electron chi connectivity index (χ3n) is 1.92. The van der Waals surface area contributed by atoms with Crippen LogP contribution in [0.5, 0.6) is 0 Å². The van der Waals surface area contributed by atoms with Gasteiger partial charge in [-0.15, -0.1) is 0 Å². The third kappa shape index (κ3) is 2.84. The molecule has 0 aliphatic rings. The molecule has 0 heterocycles. The predicted octanol–water partition coefficient (Wildman–Crippen LogP) is 2.55. The van der Waals surface area contributed by atoms with Crippen LogP contribution < -0.4 is 5.73 Å². The zero-order valence-corrected chi connectivity index (χ0v) is 8.25. The Bertz CT molecular complexity index is 442. The number of nitriles is 1. The fourth-order valence-electron chi connectivity index (χ4n) is 1.20. The van der Waals surface area contributed by atoms with E-state index in [1.807, 2.05) is 0 Å². The molecule has 0 spiro atoms. The number of hydrogen-bond donors (Lipinski definition) is 1. The summed E-state index contributed by atoms with van der Waals surface area (Å²) < 4.78 is 37.6. The van der Waals surface area contributed by atoms with Gasteiger partial charge in [-0.05, 0) is 17.7 Å². The molecule has 1 rings (SSSR count). The monoisotopic (exact) mass is 226 g/mol. The molecule has 0 aliphatic carbocycles. The molecule has 0 aliphatic heterocycles. The van der Waals surface area contributed by atoms with Crippen LogP contribution in [0.3, 0.4) is 0 Å². The topological polar surface area (TPSA) is 49.8 Å². The van der Waals surface area contributed by atoms with Crippen molar-refractivity contribution in [3.8, 4) is 6.07 Å². The first-order chi connectivity index (χ1) is 7.49. The van der Waals surface area contributed by atoms with Gasteiger partial charge in [-0.3, -0.25) is 0 Å². The minimum absolute atomic E-state index is 0.251. The molecule has 1 aromatic rings. The van der Waals surface area contributed by atoms with Gasteiger partial charge < -0.3 is 5.73 Å². The first-order valence-electron chi connectivity index (χ1n) is 4.47. The highest BCUT2D eigenvalue weighted by atomic mass is 19.4. The smallest absolute Gasteiger partial charge is 0.327 e. The van der Waals surface area contributed by atoms with Gasteiger partial charge in [0, 0.05) is 6.54 Å². The predicted molar refractivity (Wildman–Crippen MR) is 54.2 cm³/mol. The van der Waals surface area contributed by atoms with Gasteiger partial charge in [0.15, 0.2) is 0 Å². The van der Waals surface area contributed by atoms with Gasteiger partial charge in [0.2, 0.25) is 0 Å². The SMILES string of the molecule is N#Cc1ccc(C=CCN)cc1C(F)(F)F. The minimum atomic E-state index is -4.52. The molecule has 0 amide bonds. The van der Waals surface area contributed by atoms with E-state index in [9.17, 15) is 13.2 Å². The van der Waals surface area contributed by atoms with Crippen molar-refractivity contribution in [2.45, 2.75) is 6.18 Å². The Labute approximate surface area is 90.8 Å². The Kier molecular flexibility index (Phi) is 3.69. The Hall–Kier alpha value is -1.80. The molecule has 0 radical (unpaired) electrons.